The Balaban J connectivity index is 1.88. The predicted octanol–water partition coefficient (Wildman–Crippen LogP) is 3.99. The monoisotopic (exact) mass is 258 g/mol. The topological polar surface area (TPSA) is 37.3 Å². The first-order chi connectivity index (χ1) is 9.09. The molecular formula is C17H22O2. The zero-order valence-corrected chi connectivity index (χ0v) is 11.7. The molecule has 0 bridgehead atoms. The van der Waals surface area contributed by atoms with Gasteiger partial charge in [0.05, 0.1) is 0 Å². The molecule has 2 fully saturated rings. The molecule has 19 heavy (non-hydrogen) atoms. The summed E-state index contributed by atoms with van der Waals surface area (Å²) >= 11 is 0. The van der Waals surface area contributed by atoms with Crippen LogP contribution in [-0.4, -0.2) is 10.9 Å². The van der Waals surface area contributed by atoms with Crippen LogP contribution in [0.3, 0.4) is 0 Å². The molecule has 2 aliphatic rings. The Hall–Kier alpha value is -1.31. The van der Waals surface area contributed by atoms with E-state index in [1.165, 1.54) is 12.8 Å². The van der Waals surface area contributed by atoms with Crippen LogP contribution in [0.25, 0.3) is 0 Å². The smallest absolute Gasteiger partial charge is 0.143 e. The van der Waals surface area contributed by atoms with Crippen molar-refractivity contribution >= 4 is 5.78 Å². The number of aromatic hydroxyl groups is 1. The van der Waals surface area contributed by atoms with E-state index in [0.29, 0.717) is 17.5 Å². The van der Waals surface area contributed by atoms with E-state index in [0.717, 1.165) is 29.9 Å². The molecule has 1 aromatic rings. The molecule has 2 unspecified atom stereocenters. The number of benzene rings is 1. The van der Waals surface area contributed by atoms with Crippen LogP contribution in [0.15, 0.2) is 18.2 Å². The predicted molar refractivity (Wildman–Crippen MR) is 75.4 cm³/mol. The third kappa shape index (κ3) is 2.41. The van der Waals surface area contributed by atoms with Crippen LogP contribution >= 0.6 is 0 Å². The summed E-state index contributed by atoms with van der Waals surface area (Å²) in [5.74, 6) is 1.87. The van der Waals surface area contributed by atoms with Gasteiger partial charge < -0.3 is 5.11 Å². The second-order valence-corrected chi connectivity index (χ2v) is 6.31. The maximum Gasteiger partial charge on any atom is 0.143 e. The number of rotatable bonds is 5. The third-order valence-corrected chi connectivity index (χ3v) is 4.79. The number of ketones is 1. The summed E-state index contributed by atoms with van der Waals surface area (Å²) in [6.45, 7) is 4.12. The van der Waals surface area contributed by atoms with Crippen molar-refractivity contribution < 1.29 is 9.90 Å². The fourth-order valence-electron chi connectivity index (χ4n) is 3.02. The van der Waals surface area contributed by atoms with E-state index in [9.17, 15) is 9.90 Å². The number of para-hydroxylation sites is 1. The molecule has 2 saturated carbocycles. The number of phenolic OH excluding ortho intramolecular Hbond substituents is 1. The van der Waals surface area contributed by atoms with E-state index in [4.69, 9.17) is 0 Å². The van der Waals surface area contributed by atoms with Gasteiger partial charge in [0.1, 0.15) is 11.5 Å². The van der Waals surface area contributed by atoms with E-state index < -0.39 is 0 Å². The summed E-state index contributed by atoms with van der Waals surface area (Å²) in [4.78, 5) is 12.2. The Kier molecular flexibility index (Phi) is 3.12. The first-order valence-corrected chi connectivity index (χ1v) is 7.45. The molecule has 0 amide bonds. The van der Waals surface area contributed by atoms with Crippen molar-refractivity contribution in [2.75, 3.05) is 0 Å². The van der Waals surface area contributed by atoms with Crippen molar-refractivity contribution in [3.05, 3.63) is 29.3 Å². The van der Waals surface area contributed by atoms with Crippen molar-refractivity contribution in [2.24, 2.45) is 11.8 Å². The maximum absolute atomic E-state index is 12.2. The van der Waals surface area contributed by atoms with E-state index in [2.05, 4.69) is 6.92 Å². The first-order valence-electron chi connectivity index (χ1n) is 7.45. The Morgan fingerprint density at radius 2 is 1.79 bits per heavy atom. The molecule has 2 heteroatoms. The Bertz CT molecular complexity index is 498. The minimum absolute atomic E-state index is 0.168. The maximum atomic E-state index is 12.2. The fraction of sp³-hybridized carbons (Fsp3) is 0.588. The molecule has 0 aromatic heterocycles. The van der Waals surface area contributed by atoms with Crippen LogP contribution in [0.5, 0.6) is 5.75 Å². The van der Waals surface area contributed by atoms with E-state index >= 15 is 0 Å². The van der Waals surface area contributed by atoms with Crippen LogP contribution in [0, 0.1) is 11.8 Å². The number of Topliss-reactive ketones (excluding diaryl/α,β-unsaturated/α-hetero) is 1. The van der Waals surface area contributed by atoms with Gasteiger partial charge >= 0.3 is 0 Å². The molecule has 2 nitrogen and oxygen atoms in total. The fourth-order valence-corrected chi connectivity index (χ4v) is 3.02. The van der Waals surface area contributed by atoms with Crippen molar-refractivity contribution in [1.29, 1.82) is 0 Å². The molecule has 0 spiro atoms. The highest BCUT2D eigenvalue weighted by Gasteiger charge is 2.35. The zero-order chi connectivity index (χ0) is 13.6. The van der Waals surface area contributed by atoms with Gasteiger partial charge in [-0.1, -0.05) is 32.0 Å². The van der Waals surface area contributed by atoms with E-state index in [1.54, 1.807) is 0 Å². The molecule has 1 aromatic carbocycles. The second kappa shape index (κ2) is 4.66. The standard InChI is InChI=1S/C17H22O2/c1-10(12-6-7-12)14-4-3-5-15(17(14)19)11(2)16(18)13-8-9-13/h3-5,10-13,19H,6-9H2,1-2H3. The highest BCUT2D eigenvalue weighted by Crippen LogP contribution is 2.46. The van der Waals surface area contributed by atoms with Crippen LogP contribution in [-0.2, 0) is 4.79 Å². The normalized spacial score (nSPS) is 22.0. The third-order valence-electron chi connectivity index (χ3n) is 4.79. The van der Waals surface area contributed by atoms with Crippen LogP contribution < -0.4 is 0 Å². The van der Waals surface area contributed by atoms with Crippen molar-refractivity contribution in [3.8, 4) is 5.75 Å². The number of carbonyl (C=O) groups is 1. The van der Waals surface area contributed by atoms with Gasteiger partial charge in [0, 0.05) is 17.4 Å². The van der Waals surface area contributed by atoms with Crippen LogP contribution in [0.2, 0.25) is 0 Å². The lowest BCUT2D eigenvalue weighted by atomic mass is 9.87. The van der Waals surface area contributed by atoms with Crippen LogP contribution in [0.1, 0.15) is 62.5 Å². The largest absolute Gasteiger partial charge is 0.507 e. The average Bonchev–Trinajstić information content (AvgIpc) is 3.29. The molecule has 2 atom stereocenters. The molecule has 2 aliphatic carbocycles. The summed E-state index contributed by atoms with van der Waals surface area (Å²) in [6.07, 6.45) is 4.59. The van der Waals surface area contributed by atoms with E-state index in [1.807, 2.05) is 25.1 Å². The van der Waals surface area contributed by atoms with Gasteiger partial charge in [0.15, 0.2) is 0 Å². The molecule has 0 heterocycles. The average molecular weight is 258 g/mol. The second-order valence-electron chi connectivity index (χ2n) is 6.31. The Labute approximate surface area is 114 Å². The quantitative estimate of drug-likeness (QED) is 0.867. The van der Waals surface area contributed by atoms with Gasteiger partial charge in [0.25, 0.3) is 0 Å². The number of phenols is 1. The Morgan fingerprint density at radius 1 is 1.16 bits per heavy atom. The van der Waals surface area contributed by atoms with Gasteiger partial charge in [0.2, 0.25) is 0 Å². The highest BCUT2D eigenvalue weighted by molar-refractivity contribution is 5.90. The van der Waals surface area contributed by atoms with Gasteiger partial charge in [-0.3, -0.25) is 4.79 Å². The lowest BCUT2D eigenvalue weighted by molar-refractivity contribution is -0.121. The molecule has 102 valence electrons. The molecule has 3 rings (SSSR count). The zero-order valence-electron chi connectivity index (χ0n) is 11.7. The van der Waals surface area contributed by atoms with Crippen molar-refractivity contribution in [2.45, 2.75) is 51.4 Å². The first kappa shape index (κ1) is 12.7. The summed E-state index contributed by atoms with van der Waals surface area (Å²) in [5.41, 5.74) is 1.84. The minimum Gasteiger partial charge on any atom is -0.507 e. The highest BCUT2D eigenvalue weighted by atomic mass is 16.3. The minimum atomic E-state index is -0.168. The molecule has 0 radical (unpaired) electrons. The summed E-state index contributed by atoms with van der Waals surface area (Å²) in [5, 5.41) is 10.5. The number of hydrogen-bond donors (Lipinski definition) is 1. The van der Waals surface area contributed by atoms with Crippen LogP contribution in [0.4, 0.5) is 0 Å². The lowest BCUT2D eigenvalue weighted by Gasteiger charge is -2.18. The van der Waals surface area contributed by atoms with Crippen molar-refractivity contribution in [3.63, 3.8) is 0 Å². The summed E-state index contributed by atoms with van der Waals surface area (Å²) in [7, 11) is 0. The SMILES string of the molecule is CC(C(=O)C1CC1)c1cccc(C(C)C2CC2)c1O. The van der Waals surface area contributed by atoms with Gasteiger partial charge in [-0.15, -0.1) is 0 Å². The molecular weight excluding hydrogens is 236 g/mol. The molecule has 0 aliphatic heterocycles. The van der Waals surface area contributed by atoms with Gasteiger partial charge in [-0.05, 0) is 43.1 Å². The van der Waals surface area contributed by atoms with E-state index in [-0.39, 0.29) is 11.8 Å². The Morgan fingerprint density at radius 3 is 2.37 bits per heavy atom. The molecule has 1 N–H and O–H groups in total. The van der Waals surface area contributed by atoms with Gasteiger partial charge in [-0.2, -0.15) is 0 Å². The summed E-state index contributed by atoms with van der Waals surface area (Å²) < 4.78 is 0. The molecule has 0 saturated heterocycles. The number of carbonyl (C=O) groups excluding carboxylic acids is 1. The summed E-state index contributed by atoms with van der Waals surface area (Å²) in [6, 6.07) is 5.90. The number of hydrogen-bond acceptors (Lipinski definition) is 2. The lowest BCUT2D eigenvalue weighted by Crippen LogP contribution is -2.12. The van der Waals surface area contributed by atoms with Crippen molar-refractivity contribution in [1.82, 2.24) is 0 Å². The van der Waals surface area contributed by atoms with Gasteiger partial charge in [-0.25, -0.2) is 0 Å².